The highest BCUT2D eigenvalue weighted by Gasteiger charge is 2.13. The third-order valence-corrected chi connectivity index (χ3v) is 2.66. The molecule has 0 aromatic heterocycles. The van der Waals surface area contributed by atoms with E-state index in [1.807, 2.05) is 19.1 Å². The third kappa shape index (κ3) is 3.22. The first-order valence-electron chi connectivity index (χ1n) is 5.60. The van der Waals surface area contributed by atoms with Crippen LogP contribution in [0.2, 0.25) is 0 Å². The lowest BCUT2D eigenvalue weighted by molar-refractivity contribution is 0.242. The van der Waals surface area contributed by atoms with E-state index in [1.54, 1.807) is 7.11 Å². The molecule has 90 valence electrons. The van der Waals surface area contributed by atoms with Gasteiger partial charge in [0.2, 0.25) is 0 Å². The van der Waals surface area contributed by atoms with Gasteiger partial charge in [-0.1, -0.05) is 17.7 Å². The summed E-state index contributed by atoms with van der Waals surface area (Å²) in [6.45, 7) is 6.23. The normalized spacial score (nSPS) is 14.6. The Morgan fingerprint density at radius 2 is 2.06 bits per heavy atom. The van der Waals surface area contributed by atoms with Crippen molar-refractivity contribution in [1.29, 1.82) is 0 Å². The van der Waals surface area contributed by atoms with E-state index in [4.69, 9.17) is 9.84 Å². The maximum atomic E-state index is 9.02. The molecule has 0 aliphatic carbocycles. The quantitative estimate of drug-likeness (QED) is 0.802. The minimum absolute atomic E-state index is 0.0835. The zero-order chi connectivity index (χ0) is 12.1. The van der Waals surface area contributed by atoms with Crippen LogP contribution in [0.15, 0.2) is 18.2 Å². The second-order valence-corrected chi connectivity index (χ2v) is 4.22. The van der Waals surface area contributed by atoms with Gasteiger partial charge < -0.3 is 15.2 Å². The number of nitrogens with one attached hydrogen (secondary N) is 1. The van der Waals surface area contributed by atoms with Gasteiger partial charge in [-0.3, -0.25) is 0 Å². The van der Waals surface area contributed by atoms with Crippen LogP contribution in [0.4, 0.5) is 0 Å². The number of hydrogen-bond acceptors (Lipinski definition) is 3. The van der Waals surface area contributed by atoms with Crippen LogP contribution in [0.3, 0.4) is 0 Å². The summed E-state index contributed by atoms with van der Waals surface area (Å²) in [6.07, 6.45) is 0. The molecule has 0 saturated carbocycles. The molecule has 0 aliphatic rings. The number of aliphatic hydroxyl groups excluding tert-OH is 1. The van der Waals surface area contributed by atoms with Crippen molar-refractivity contribution in [1.82, 2.24) is 5.32 Å². The van der Waals surface area contributed by atoms with Crippen molar-refractivity contribution in [3.05, 3.63) is 29.3 Å². The first kappa shape index (κ1) is 13.0. The molecule has 0 bridgehead atoms. The van der Waals surface area contributed by atoms with Gasteiger partial charge in [0.05, 0.1) is 13.7 Å². The highest BCUT2D eigenvalue weighted by Crippen LogP contribution is 2.26. The fourth-order valence-corrected chi connectivity index (χ4v) is 1.76. The van der Waals surface area contributed by atoms with E-state index in [0.717, 1.165) is 11.3 Å². The van der Waals surface area contributed by atoms with Crippen LogP contribution in [-0.2, 0) is 0 Å². The Balaban J connectivity index is 2.88. The number of methoxy groups -OCH3 is 1. The van der Waals surface area contributed by atoms with Crippen molar-refractivity contribution in [2.24, 2.45) is 0 Å². The molecule has 16 heavy (non-hydrogen) atoms. The maximum Gasteiger partial charge on any atom is 0.123 e. The number of aryl methyl sites for hydroxylation is 1. The molecule has 0 fully saturated rings. The lowest BCUT2D eigenvalue weighted by Gasteiger charge is -2.21. The largest absolute Gasteiger partial charge is 0.496 e. The van der Waals surface area contributed by atoms with Crippen LogP contribution in [0.5, 0.6) is 5.75 Å². The van der Waals surface area contributed by atoms with Crippen molar-refractivity contribution < 1.29 is 9.84 Å². The predicted molar refractivity (Wildman–Crippen MR) is 65.8 cm³/mol. The summed E-state index contributed by atoms with van der Waals surface area (Å²) in [5.41, 5.74) is 2.34. The van der Waals surface area contributed by atoms with Gasteiger partial charge in [-0.15, -0.1) is 0 Å². The molecule has 1 unspecified atom stereocenters. The zero-order valence-electron chi connectivity index (χ0n) is 10.4. The Morgan fingerprint density at radius 3 is 2.62 bits per heavy atom. The average Bonchev–Trinajstić information content (AvgIpc) is 2.28. The highest BCUT2D eigenvalue weighted by atomic mass is 16.5. The van der Waals surface area contributed by atoms with Crippen LogP contribution in [-0.4, -0.2) is 24.9 Å². The highest BCUT2D eigenvalue weighted by molar-refractivity contribution is 5.38. The van der Waals surface area contributed by atoms with Gasteiger partial charge in [0.1, 0.15) is 5.75 Å². The fourth-order valence-electron chi connectivity index (χ4n) is 1.76. The number of aliphatic hydroxyl groups is 1. The Labute approximate surface area is 97.4 Å². The third-order valence-electron chi connectivity index (χ3n) is 2.66. The molecule has 3 nitrogen and oxygen atoms in total. The minimum atomic E-state index is 0.0835. The molecule has 0 saturated heterocycles. The number of rotatable bonds is 5. The fraction of sp³-hybridized carbons (Fsp3) is 0.538. The summed E-state index contributed by atoms with van der Waals surface area (Å²) in [5, 5.41) is 12.3. The van der Waals surface area contributed by atoms with Gasteiger partial charge in [-0.05, 0) is 26.8 Å². The number of benzene rings is 1. The minimum Gasteiger partial charge on any atom is -0.496 e. The van der Waals surface area contributed by atoms with Gasteiger partial charge in [-0.25, -0.2) is 0 Å². The van der Waals surface area contributed by atoms with Crippen LogP contribution in [0, 0.1) is 6.92 Å². The molecule has 0 aliphatic heterocycles. The van der Waals surface area contributed by atoms with E-state index in [2.05, 4.69) is 25.2 Å². The summed E-state index contributed by atoms with van der Waals surface area (Å²) < 4.78 is 5.33. The molecular weight excluding hydrogens is 202 g/mol. The van der Waals surface area contributed by atoms with E-state index in [9.17, 15) is 0 Å². The van der Waals surface area contributed by atoms with Crippen molar-refractivity contribution >= 4 is 0 Å². The number of hydrogen-bond donors (Lipinski definition) is 2. The zero-order valence-corrected chi connectivity index (χ0v) is 10.4. The molecule has 1 rings (SSSR count). The Kier molecular flexibility index (Phi) is 4.77. The topological polar surface area (TPSA) is 41.5 Å². The predicted octanol–water partition coefficient (Wildman–Crippen LogP) is 2.04. The van der Waals surface area contributed by atoms with Crippen LogP contribution in [0.1, 0.15) is 31.0 Å². The summed E-state index contributed by atoms with van der Waals surface area (Å²) >= 11 is 0. The number of ether oxygens (including phenoxy) is 1. The molecule has 0 radical (unpaired) electrons. The molecule has 2 N–H and O–H groups in total. The molecule has 1 aromatic carbocycles. The van der Waals surface area contributed by atoms with E-state index in [-0.39, 0.29) is 18.7 Å². The van der Waals surface area contributed by atoms with Crippen LogP contribution < -0.4 is 10.1 Å². The molecule has 3 heteroatoms. The van der Waals surface area contributed by atoms with Crippen LogP contribution >= 0.6 is 0 Å². The molecule has 0 amide bonds. The second-order valence-electron chi connectivity index (χ2n) is 4.22. The molecule has 0 spiro atoms. The second kappa shape index (κ2) is 5.87. The van der Waals surface area contributed by atoms with E-state index >= 15 is 0 Å². The lowest BCUT2D eigenvalue weighted by atomic mass is 10.0. The Hall–Kier alpha value is -1.06. The Bertz CT molecular complexity index is 339. The summed E-state index contributed by atoms with van der Waals surface area (Å²) in [6, 6.07) is 6.37. The first-order chi connectivity index (χ1) is 7.58. The molecular formula is C13H21NO2. The molecule has 0 heterocycles. The van der Waals surface area contributed by atoms with Gasteiger partial charge in [0.15, 0.2) is 0 Å². The van der Waals surface area contributed by atoms with Crippen molar-refractivity contribution in [2.45, 2.75) is 32.9 Å². The summed E-state index contributed by atoms with van der Waals surface area (Å²) in [4.78, 5) is 0. The SMILES string of the molecule is COc1ccc(C)cc1C(C)N[C@@H](C)CO. The van der Waals surface area contributed by atoms with Crippen LogP contribution in [0.25, 0.3) is 0 Å². The molecule has 1 aromatic rings. The standard InChI is InChI=1S/C13H21NO2/c1-9-5-6-13(16-4)12(7-9)11(3)14-10(2)8-15/h5-7,10-11,14-15H,8H2,1-4H3/t10-,11?/m0/s1. The molecule has 2 atom stereocenters. The van der Waals surface area contributed by atoms with E-state index in [1.165, 1.54) is 5.56 Å². The summed E-state index contributed by atoms with van der Waals surface area (Å²) in [5.74, 6) is 0.885. The van der Waals surface area contributed by atoms with Gasteiger partial charge >= 0.3 is 0 Å². The average molecular weight is 223 g/mol. The first-order valence-corrected chi connectivity index (χ1v) is 5.60. The maximum absolute atomic E-state index is 9.02. The smallest absolute Gasteiger partial charge is 0.123 e. The van der Waals surface area contributed by atoms with Gasteiger partial charge in [-0.2, -0.15) is 0 Å². The van der Waals surface area contributed by atoms with Crippen molar-refractivity contribution in [2.75, 3.05) is 13.7 Å². The lowest BCUT2D eigenvalue weighted by Crippen LogP contribution is -2.31. The summed E-state index contributed by atoms with van der Waals surface area (Å²) in [7, 11) is 1.68. The van der Waals surface area contributed by atoms with E-state index in [0.29, 0.717) is 0 Å². The van der Waals surface area contributed by atoms with Gasteiger partial charge in [0.25, 0.3) is 0 Å². The van der Waals surface area contributed by atoms with Crippen molar-refractivity contribution in [3.8, 4) is 5.75 Å². The monoisotopic (exact) mass is 223 g/mol. The van der Waals surface area contributed by atoms with Crippen molar-refractivity contribution in [3.63, 3.8) is 0 Å². The van der Waals surface area contributed by atoms with E-state index < -0.39 is 0 Å². The Morgan fingerprint density at radius 1 is 1.38 bits per heavy atom. The van der Waals surface area contributed by atoms with Gasteiger partial charge in [0, 0.05) is 17.6 Å².